The van der Waals surface area contributed by atoms with Gasteiger partial charge in [-0.05, 0) is 236 Å². The number of rotatable bonds is 11. The highest BCUT2D eigenvalue weighted by Crippen LogP contribution is 2.40. The Kier molecular flexibility index (Phi) is 27.2. The van der Waals surface area contributed by atoms with E-state index >= 15 is 0 Å². The lowest BCUT2D eigenvalue weighted by atomic mass is 9.99. The summed E-state index contributed by atoms with van der Waals surface area (Å²) in [6, 6.07) is 71.6. The third-order valence-electron chi connectivity index (χ3n) is 15.3. The first-order valence-corrected chi connectivity index (χ1v) is 34.2. The van der Waals surface area contributed by atoms with Crippen molar-refractivity contribution >= 4 is 160 Å². The fraction of sp³-hybridized carbons (Fsp3) is 0.0625. The van der Waals surface area contributed by atoms with Crippen molar-refractivity contribution in [2.45, 2.75) is 20.4 Å². The summed E-state index contributed by atoms with van der Waals surface area (Å²) in [5.41, 5.74) is 24.1. The van der Waals surface area contributed by atoms with Crippen LogP contribution >= 0.6 is 92.8 Å². The number of phenols is 5. The van der Waals surface area contributed by atoms with Gasteiger partial charge in [-0.15, -0.1) is 0 Å². The zero-order valence-electron chi connectivity index (χ0n) is 54.2. The van der Waals surface area contributed by atoms with Gasteiger partial charge in [-0.3, -0.25) is 19.9 Å². The Morgan fingerprint density at radius 3 is 1.17 bits per heavy atom. The third-order valence-corrected chi connectivity index (χ3v) is 17.3. The molecule has 101 heavy (non-hydrogen) atoms. The highest BCUT2D eigenvalue weighted by atomic mass is 35.5. The van der Waals surface area contributed by atoms with Crippen LogP contribution in [-0.4, -0.2) is 58.5 Å². The molecule has 0 saturated heterocycles. The molecule has 0 aliphatic heterocycles. The second-order valence-electron chi connectivity index (χ2n) is 22.3. The highest BCUT2D eigenvalue weighted by molar-refractivity contribution is 6.36. The number of anilines is 6. The van der Waals surface area contributed by atoms with Crippen LogP contribution in [0.5, 0.6) is 28.7 Å². The minimum atomic E-state index is 0.212. The van der Waals surface area contributed by atoms with Crippen LogP contribution in [-0.2, 0) is 6.54 Å². The van der Waals surface area contributed by atoms with Crippen LogP contribution in [0.3, 0.4) is 0 Å². The van der Waals surface area contributed by atoms with Crippen LogP contribution in [0.1, 0.15) is 19.4 Å². The van der Waals surface area contributed by atoms with E-state index in [2.05, 4.69) is 44.3 Å². The first-order chi connectivity index (χ1) is 48.6. The van der Waals surface area contributed by atoms with Gasteiger partial charge in [0.25, 0.3) is 0 Å². The molecule has 11 aromatic carbocycles. The number of benzene rings is 11. The lowest BCUT2D eigenvalue weighted by Crippen LogP contribution is -2.22. The number of phenolic OH excluding ortho intramolecular Hbond substituents is 5. The fourth-order valence-electron chi connectivity index (χ4n) is 10.1. The molecule has 0 spiro atoms. The van der Waals surface area contributed by atoms with Crippen molar-refractivity contribution in [3.05, 3.63) is 307 Å². The van der Waals surface area contributed by atoms with Gasteiger partial charge in [-0.2, -0.15) is 0 Å². The van der Waals surface area contributed by atoms with Crippen molar-refractivity contribution in [1.82, 2.24) is 19.9 Å². The minimum absolute atomic E-state index is 0.212. The van der Waals surface area contributed by atoms with E-state index in [1.165, 1.54) is 0 Å². The van der Waals surface area contributed by atoms with Gasteiger partial charge in [0.2, 0.25) is 0 Å². The molecular formula is C80H66Cl8N8O5. The minimum Gasteiger partial charge on any atom is -0.508 e. The summed E-state index contributed by atoms with van der Waals surface area (Å²) in [5.74, 6) is 1.21. The van der Waals surface area contributed by atoms with Crippen molar-refractivity contribution in [2.24, 2.45) is 0 Å². The fourth-order valence-corrected chi connectivity index (χ4v) is 11.3. The van der Waals surface area contributed by atoms with E-state index in [9.17, 15) is 15.3 Å². The predicted octanol–water partition coefficient (Wildman–Crippen LogP) is 24.0. The molecule has 0 amide bonds. The van der Waals surface area contributed by atoms with E-state index in [-0.39, 0.29) is 28.7 Å². The molecule has 21 heteroatoms. The first-order valence-electron chi connectivity index (χ1n) is 31.2. The summed E-state index contributed by atoms with van der Waals surface area (Å²) in [6.07, 6.45) is 5.17. The lowest BCUT2D eigenvalue weighted by molar-refractivity contribution is 0.291. The molecule has 0 fully saturated rings. The average molecular weight is 1500 g/mol. The Hall–Kier alpha value is -9.87. The third kappa shape index (κ3) is 21.8. The van der Waals surface area contributed by atoms with Gasteiger partial charge in [0.15, 0.2) is 0 Å². The van der Waals surface area contributed by atoms with Gasteiger partial charge in [0.05, 0.1) is 21.6 Å². The standard InChI is InChI=1S/C26H25Cl2N3O.C21H14Cl2N2O.C12H10ClNO.C9H5Cl2N.C6H5ClO.C6H7NO/c1-3-31(4-2)16-18-13-21(15-23(26(18)32)17-5-7-19(27)8-6-17)30-24-11-12-29-25-14-20(28)9-10-22(24)25;22-14-3-1-13(2-4-14)18-12-16(6-8-21(18)26)25-19-9-10-24-20-11-15(23)5-7-17(19)20;13-9-3-1-8(2-4-9)11-7-10(14)5-6-12(11)15;10-6-1-2-7-8(11)3-4-12-9(7)5-6;2*7-5-1-3-6(8)4-2-5/h5-15,32H,3-4,16H2,1-2H3,(H,29,30);1-12,26H,(H,24,25);1-7,15H,14H2;1-5H;1-4,8H;1-4,8H,7H2. The first kappa shape index (κ1) is 75.3. The number of nitrogens with two attached hydrogens (primary N) is 2. The van der Waals surface area contributed by atoms with Gasteiger partial charge < -0.3 is 47.6 Å². The monoisotopic (exact) mass is 1500 g/mol. The lowest BCUT2D eigenvalue weighted by Gasteiger charge is -2.21. The van der Waals surface area contributed by atoms with E-state index < -0.39 is 0 Å². The van der Waals surface area contributed by atoms with E-state index in [1.807, 2.05) is 127 Å². The molecule has 11 N–H and O–H groups in total. The topological polar surface area (TPSA) is 219 Å². The Labute approximate surface area is 624 Å². The van der Waals surface area contributed by atoms with E-state index in [4.69, 9.17) is 114 Å². The van der Waals surface area contributed by atoms with Crippen molar-refractivity contribution in [1.29, 1.82) is 0 Å². The van der Waals surface area contributed by atoms with Crippen molar-refractivity contribution in [2.75, 3.05) is 35.2 Å². The molecule has 0 aliphatic rings. The molecular weight excluding hydrogens is 1440 g/mol. The van der Waals surface area contributed by atoms with E-state index in [0.29, 0.717) is 63.7 Å². The maximum atomic E-state index is 11.1. The number of halogens is 8. The Bertz CT molecular complexity index is 5000. The number of nitrogens with one attached hydrogen (secondary N) is 2. The number of aromatic nitrogens is 3. The summed E-state index contributed by atoms with van der Waals surface area (Å²) >= 11 is 47.2. The van der Waals surface area contributed by atoms with Crippen LogP contribution in [0.25, 0.3) is 66.1 Å². The molecule has 0 aliphatic carbocycles. The molecule has 0 bridgehead atoms. The number of pyridine rings is 3. The van der Waals surface area contributed by atoms with Gasteiger partial charge in [-0.25, -0.2) is 0 Å². The van der Waals surface area contributed by atoms with Crippen LogP contribution in [0.15, 0.2) is 261 Å². The predicted molar refractivity (Wildman–Crippen MR) is 424 cm³/mol. The second kappa shape index (κ2) is 36.5. The van der Waals surface area contributed by atoms with Crippen LogP contribution < -0.4 is 22.1 Å². The molecule has 13 nitrogen and oxygen atoms in total. The van der Waals surface area contributed by atoms with Gasteiger partial charge in [0, 0.05) is 133 Å². The molecule has 512 valence electrons. The largest absolute Gasteiger partial charge is 0.508 e. The molecule has 0 saturated carbocycles. The van der Waals surface area contributed by atoms with Crippen molar-refractivity contribution < 1.29 is 25.5 Å². The number of fused-ring (bicyclic) bond motifs is 3. The van der Waals surface area contributed by atoms with Crippen LogP contribution in [0.4, 0.5) is 34.1 Å². The van der Waals surface area contributed by atoms with E-state index in [1.54, 1.807) is 134 Å². The molecule has 0 radical (unpaired) electrons. The molecule has 3 heterocycles. The smallest absolute Gasteiger partial charge is 0.128 e. The Morgan fingerprint density at radius 2 is 0.713 bits per heavy atom. The van der Waals surface area contributed by atoms with Crippen LogP contribution in [0, 0.1) is 0 Å². The quantitative estimate of drug-likeness (QED) is 0.0435. The summed E-state index contributed by atoms with van der Waals surface area (Å²) < 4.78 is 0. The number of hydrogen-bond donors (Lipinski definition) is 9. The number of aromatic hydroxyl groups is 5. The second-order valence-corrected chi connectivity index (χ2v) is 25.8. The summed E-state index contributed by atoms with van der Waals surface area (Å²) in [5, 5.41) is 63.6. The van der Waals surface area contributed by atoms with E-state index in [0.717, 1.165) is 102 Å². The van der Waals surface area contributed by atoms with Gasteiger partial charge in [-0.1, -0.05) is 143 Å². The molecule has 3 aromatic heterocycles. The number of hydrogen-bond acceptors (Lipinski definition) is 13. The van der Waals surface area contributed by atoms with Crippen LogP contribution in [0.2, 0.25) is 40.2 Å². The Morgan fingerprint density at radius 1 is 0.347 bits per heavy atom. The SMILES string of the molecule is CCN(CC)Cc1cc(Nc2ccnc3cc(Cl)ccc23)cc(-c2ccc(Cl)cc2)c1O.Clc1ccc2c(Cl)ccnc2c1.Nc1ccc(O)c(-c2ccc(Cl)cc2)c1.Nc1ccc(O)cc1.Oc1ccc(Cl)cc1.Oc1ccc(Nc2ccnc3cc(Cl)ccc23)cc1-c1ccc(Cl)cc1. The Balaban J connectivity index is 0.000000152. The maximum absolute atomic E-state index is 11.1. The molecule has 14 aromatic rings. The molecule has 14 rings (SSSR count). The van der Waals surface area contributed by atoms with Crippen molar-refractivity contribution in [3.8, 4) is 62.1 Å². The number of nitrogens with zero attached hydrogens (tertiary/aromatic N) is 4. The molecule has 0 unspecified atom stereocenters. The summed E-state index contributed by atoms with van der Waals surface area (Å²) in [4.78, 5) is 15.2. The zero-order chi connectivity index (χ0) is 72.1. The maximum Gasteiger partial charge on any atom is 0.128 e. The highest BCUT2D eigenvalue weighted by Gasteiger charge is 2.16. The number of nitrogen functional groups attached to an aromatic ring is 2. The van der Waals surface area contributed by atoms with Gasteiger partial charge >= 0.3 is 0 Å². The summed E-state index contributed by atoms with van der Waals surface area (Å²) in [6.45, 7) is 6.70. The normalized spacial score (nSPS) is 10.6. The van der Waals surface area contributed by atoms with Crippen molar-refractivity contribution in [3.63, 3.8) is 0 Å². The average Bonchev–Trinajstić information content (AvgIpc) is 0.809. The summed E-state index contributed by atoms with van der Waals surface area (Å²) in [7, 11) is 0. The van der Waals surface area contributed by atoms with Gasteiger partial charge in [0.1, 0.15) is 28.7 Å². The zero-order valence-corrected chi connectivity index (χ0v) is 60.2. The molecule has 0 atom stereocenters.